The summed E-state index contributed by atoms with van der Waals surface area (Å²) in [6.45, 7) is 0. The molecule has 6 heteroatoms. The lowest BCUT2D eigenvalue weighted by Gasteiger charge is -2.04. The van der Waals surface area contributed by atoms with E-state index in [2.05, 4.69) is 31.9 Å². The lowest BCUT2D eigenvalue weighted by Crippen LogP contribution is -1.87. The fourth-order valence-corrected chi connectivity index (χ4v) is 4.63. The van der Waals surface area contributed by atoms with Gasteiger partial charge in [-0.2, -0.15) is 0 Å². The molecule has 0 radical (unpaired) electrons. The molecule has 0 saturated carbocycles. The van der Waals surface area contributed by atoms with Crippen LogP contribution < -0.4 is 0 Å². The van der Waals surface area contributed by atoms with Gasteiger partial charge >= 0.3 is 0 Å². The second-order valence-electron chi connectivity index (χ2n) is 2.77. The predicted octanol–water partition coefficient (Wildman–Crippen LogP) is 5.85. The Morgan fingerprint density at radius 2 is 2.20 bits per heavy atom. The van der Waals surface area contributed by atoms with E-state index >= 15 is 0 Å². The number of hydrogen-bond acceptors (Lipinski definition) is 2. The molecular weight excluding hydrogens is 386 g/mol. The highest BCUT2D eigenvalue weighted by Crippen LogP contribution is 2.43. The fourth-order valence-electron chi connectivity index (χ4n) is 1.10. The first-order valence-electron chi connectivity index (χ1n) is 3.91. The number of halogens is 4. The molecular formula is C9H4Br2ClFS2. The van der Waals surface area contributed by atoms with Crippen LogP contribution in [0.15, 0.2) is 21.3 Å². The van der Waals surface area contributed by atoms with Crippen LogP contribution >= 0.6 is 66.1 Å². The molecule has 2 aromatic heterocycles. The molecule has 0 aromatic carbocycles. The zero-order chi connectivity index (χ0) is 11.0. The zero-order valence-corrected chi connectivity index (χ0v) is 12.7. The van der Waals surface area contributed by atoms with Crippen molar-refractivity contribution in [1.82, 2.24) is 0 Å². The molecule has 0 nitrogen and oxygen atoms in total. The first-order valence-corrected chi connectivity index (χ1v) is 7.69. The van der Waals surface area contributed by atoms with Gasteiger partial charge in [0.1, 0.15) is 5.82 Å². The molecule has 2 aromatic rings. The smallest absolute Gasteiger partial charge is 0.138 e. The van der Waals surface area contributed by atoms with Crippen molar-refractivity contribution in [3.63, 3.8) is 0 Å². The number of alkyl halides is 1. The van der Waals surface area contributed by atoms with Crippen molar-refractivity contribution in [3.05, 3.63) is 41.9 Å². The van der Waals surface area contributed by atoms with E-state index in [-0.39, 0.29) is 10.6 Å². The van der Waals surface area contributed by atoms with Gasteiger partial charge in [-0.1, -0.05) is 27.5 Å². The van der Waals surface area contributed by atoms with Gasteiger partial charge in [-0.05, 0) is 33.4 Å². The summed E-state index contributed by atoms with van der Waals surface area (Å²) in [5.41, 5.74) is 0. The highest BCUT2D eigenvalue weighted by atomic mass is 79.9. The Labute approximate surface area is 116 Å². The third kappa shape index (κ3) is 2.47. The lowest BCUT2D eigenvalue weighted by molar-refractivity contribution is 0.622. The monoisotopic (exact) mass is 388 g/mol. The molecule has 2 rings (SSSR count). The first kappa shape index (κ1) is 12.0. The van der Waals surface area contributed by atoms with E-state index in [0.29, 0.717) is 9.90 Å². The summed E-state index contributed by atoms with van der Waals surface area (Å²) < 4.78 is 14.2. The molecule has 0 aliphatic heterocycles. The van der Waals surface area contributed by atoms with Gasteiger partial charge in [-0.3, -0.25) is 0 Å². The second-order valence-corrected chi connectivity index (χ2v) is 7.44. The average Bonchev–Trinajstić information content (AvgIpc) is 2.74. The van der Waals surface area contributed by atoms with Crippen molar-refractivity contribution in [2.75, 3.05) is 0 Å². The molecule has 0 bridgehead atoms. The van der Waals surface area contributed by atoms with Gasteiger partial charge in [-0.15, -0.1) is 22.7 Å². The highest BCUT2D eigenvalue weighted by Gasteiger charge is 2.19. The zero-order valence-electron chi connectivity index (χ0n) is 7.14. The van der Waals surface area contributed by atoms with Crippen molar-refractivity contribution < 1.29 is 4.39 Å². The number of hydrogen-bond donors (Lipinski definition) is 0. The molecule has 0 amide bonds. The Balaban J connectivity index is 2.36. The molecule has 2 heterocycles. The van der Waals surface area contributed by atoms with E-state index in [4.69, 9.17) is 11.6 Å². The van der Waals surface area contributed by atoms with Crippen LogP contribution in [-0.4, -0.2) is 0 Å². The third-order valence-electron chi connectivity index (χ3n) is 1.79. The van der Waals surface area contributed by atoms with Crippen LogP contribution in [-0.2, 0) is 0 Å². The molecule has 15 heavy (non-hydrogen) atoms. The largest absolute Gasteiger partial charge is 0.206 e. The third-order valence-corrected chi connectivity index (χ3v) is 6.84. The van der Waals surface area contributed by atoms with Crippen LogP contribution in [0.25, 0.3) is 0 Å². The summed E-state index contributed by atoms with van der Waals surface area (Å²) >= 11 is 15.6. The predicted molar refractivity (Wildman–Crippen MR) is 72.1 cm³/mol. The van der Waals surface area contributed by atoms with Gasteiger partial charge in [0.05, 0.1) is 18.5 Å². The quantitative estimate of drug-likeness (QED) is 0.564. The van der Waals surface area contributed by atoms with E-state index < -0.39 is 0 Å². The molecule has 0 aliphatic carbocycles. The number of rotatable bonds is 2. The van der Waals surface area contributed by atoms with Crippen LogP contribution in [0.2, 0.25) is 5.02 Å². The van der Waals surface area contributed by atoms with Crippen LogP contribution in [0.1, 0.15) is 14.6 Å². The van der Waals surface area contributed by atoms with Crippen molar-refractivity contribution >= 4 is 66.1 Å². The molecule has 80 valence electrons. The second kappa shape index (κ2) is 4.84. The highest BCUT2D eigenvalue weighted by molar-refractivity contribution is 9.11. The molecule has 0 spiro atoms. The molecule has 1 unspecified atom stereocenters. The minimum absolute atomic E-state index is 0.119. The first-order chi connectivity index (χ1) is 7.09. The van der Waals surface area contributed by atoms with Crippen LogP contribution in [0.5, 0.6) is 0 Å². The summed E-state index contributed by atoms with van der Waals surface area (Å²) in [6, 6.07) is 3.31. The Kier molecular flexibility index (Phi) is 3.88. The molecule has 0 N–H and O–H groups in total. The van der Waals surface area contributed by atoms with Gasteiger partial charge in [0, 0.05) is 4.88 Å². The van der Waals surface area contributed by atoms with Crippen LogP contribution in [0.4, 0.5) is 4.39 Å². The minimum Gasteiger partial charge on any atom is -0.206 e. The van der Waals surface area contributed by atoms with Gasteiger partial charge in [0.15, 0.2) is 0 Å². The Morgan fingerprint density at radius 1 is 1.47 bits per heavy atom. The lowest BCUT2D eigenvalue weighted by atomic mass is 10.3. The Bertz CT molecular complexity index is 461. The maximum atomic E-state index is 13.3. The van der Waals surface area contributed by atoms with Gasteiger partial charge in [-0.25, -0.2) is 4.39 Å². The van der Waals surface area contributed by atoms with Crippen molar-refractivity contribution in [1.29, 1.82) is 0 Å². The molecule has 0 saturated heterocycles. The van der Waals surface area contributed by atoms with E-state index in [9.17, 15) is 4.39 Å². The summed E-state index contributed by atoms with van der Waals surface area (Å²) in [4.78, 5) is 1.56. The van der Waals surface area contributed by atoms with E-state index in [1.54, 1.807) is 5.38 Å². The van der Waals surface area contributed by atoms with E-state index in [1.165, 1.54) is 28.7 Å². The van der Waals surface area contributed by atoms with Crippen molar-refractivity contribution in [2.24, 2.45) is 0 Å². The van der Waals surface area contributed by atoms with E-state index in [1.807, 2.05) is 6.07 Å². The average molecular weight is 391 g/mol. The molecule has 0 aliphatic rings. The standard InChI is InChI=1S/C9H4Br2ClFS2/c10-7(8-5(13)1-2-14-8)6-3-4(12)9(11)15-6/h1-3,7H. The minimum atomic E-state index is -0.178. The fraction of sp³-hybridized carbons (Fsp3) is 0.111. The van der Waals surface area contributed by atoms with Gasteiger partial charge in [0.25, 0.3) is 0 Å². The molecule has 1 atom stereocenters. The molecule has 0 fully saturated rings. The Hall–Kier alpha value is 0.580. The van der Waals surface area contributed by atoms with Crippen LogP contribution in [0, 0.1) is 5.82 Å². The maximum Gasteiger partial charge on any atom is 0.138 e. The number of thiophene rings is 2. The van der Waals surface area contributed by atoms with Gasteiger partial charge in [0.2, 0.25) is 0 Å². The Morgan fingerprint density at radius 3 is 2.67 bits per heavy atom. The van der Waals surface area contributed by atoms with Gasteiger partial charge < -0.3 is 0 Å². The summed E-state index contributed by atoms with van der Waals surface area (Å²) in [5, 5.41) is 2.40. The normalized spacial score (nSPS) is 13.1. The van der Waals surface area contributed by atoms with Crippen molar-refractivity contribution in [2.45, 2.75) is 4.83 Å². The maximum absolute atomic E-state index is 13.3. The van der Waals surface area contributed by atoms with E-state index in [0.717, 1.165) is 8.66 Å². The summed E-state index contributed by atoms with van der Waals surface area (Å²) in [5.74, 6) is -0.178. The summed E-state index contributed by atoms with van der Waals surface area (Å²) in [6.07, 6.45) is 0. The SMILES string of the molecule is Fc1ccsc1C(Br)c1cc(Cl)c(Br)s1. The topological polar surface area (TPSA) is 0 Å². The summed E-state index contributed by atoms with van der Waals surface area (Å²) in [7, 11) is 0. The van der Waals surface area contributed by atoms with Crippen LogP contribution in [0.3, 0.4) is 0 Å². The van der Waals surface area contributed by atoms with Crippen molar-refractivity contribution in [3.8, 4) is 0 Å².